The van der Waals surface area contributed by atoms with Gasteiger partial charge in [-0.1, -0.05) is 42.4 Å². The number of fused-ring (bicyclic) bond motifs is 3. The van der Waals surface area contributed by atoms with Gasteiger partial charge in [-0.3, -0.25) is 4.79 Å². The summed E-state index contributed by atoms with van der Waals surface area (Å²) >= 11 is 6.14. The van der Waals surface area contributed by atoms with Crippen LogP contribution in [0.15, 0.2) is 42.6 Å². The molecule has 33 heavy (non-hydrogen) atoms. The van der Waals surface area contributed by atoms with Crippen LogP contribution in [0.25, 0.3) is 0 Å². The predicted octanol–water partition coefficient (Wildman–Crippen LogP) is 3.29. The third kappa shape index (κ3) is 3.07. The van der Waals surface area contributed by atoms with Crippen LogP contribution in [0.4, 0.5) is 0 Å². The topological polar surface area (TPSA) is 104 Å². The van der Waals surface area contributed by atoms with Crippen LogP contribution >= 0.6 is 11.6 Å². The van der Waals surface area contributed by atoms with Crippen LogP contribution in [0.5, 0.6) is 5.75 Å². The Hall–Kier alpha value is -2.71. The van der Waals surface area contributed by atoms with Crippen molar-refractivity contribution in [2.24, 2.45) is 17.3 Å². The fourth-order valence-electron chi connectivity index (χ4n) is 5.98. The Morgan fingerprint density at radius 1 is 1.33 bits per heavy atom. The summed E-state index contributed by atoms with van der Waals surface area (Å²) in [5.74, 6) is -0.618. The van der Waals surface area contributed by atoms with Gasteiger partial charge in [0.1, 0.15) is 35.5 Å². The molecule has 0 radical (unpaired) electrons. The number of aromatic nitrogens is 3. The highest BCUT2D eigenvalue weighted by Gasteiger charge is 2.72. The van der Waals surface area contributed by atoms with Crippen molar-refractivity contribution in [3.63, 3.8) is 0 Å². The van der Waals surface area contributed by atoms with Crippen molar-refractivity contribution in [2.45, 2.75) is 57.5 Å². The SMILES string of the molecule is C=C1C(=O)O[C@@H]2[C@H]1CC[C@H](C)[C@]1(O)[C@@H](n3cc(COc4ccccc4Cl)nn3)CC(=O)[C@@]21C. The van der Waals surface area contributed by atoms with E-state index in [0.717, 1.165) is 0 Å². The van der Waals surface area contributed by atoms with Crippen LogP contribution in [-0.2, 0) is 20.9 Å². The molecule has 174 valence electrons. The number of esters is 1. The zero-order valence-corrected chi connectivity index (χ0v) is 19.3. The van der Waals surface area contributed by atoms with Crippen LogP contribution in [0.3, 0.4) is 0 Å². The third-order valence-corrected chi connectivity index (χ3v) is 8.24. The third-order valence-electron chi connectivity index (χ3n) is 7.93. The molecule has 3 aliphatic rings. The largest absolute Gasteiger partial charge is 0.486 e. The second-order valence-corrected chi connectivity index (χ2v) is 9.92. The van der Waals surface area contributed by atoms with E-state index in [1.54, 1.807) is 29.9 Å². The summed E-state index contributed by atoms with van der Waals surface area (Å²) in [6, 6.07) is 6.49. The molecule has 0 bridgehead atoms. The summed E-state index contributed by atoms with van der Waals surface area (Å²) in [6.07, 6.45) is 2.27. The lowest BCUT2D eigenvalue weighted by Crippen LogP contribution is -2.59. The number of rotatable bonds is 4. The van der Waals surface area contributed by atoms with Gasteiger partial charge in [-0.15, -0.1) is 5.10 Å². The standard InChI is InChI=1S/C24H26ClN3O5/c1-13-8-9-16-14(2)22(30)33-21(16)23(3)20(29)10-19(24(13,23)31)28-11-15(26-27-28)12-32-18-7-5-4-6-17(18)25/h4-7,11,13,16,19,21,31H,2,8-10,12H2,1,3H3/t13-,16-,19-,21+,23-,24-/m0/s1. The molecule has 2 saturated carbocycles. The molecule has 2 aromatic rings. The Labute approximate surface area is 196 Å². The van der Waals surface area contributed by atoms with E-state index in [9.17, 15) is 14.7 Å². The predicted molar refractivity (Wildman–Crippen MR) is 118 cm³/mol. The maximum Gasteiger partial charge on any atom is 0.334 e. The minimum atomic E-state index is -1.47. The number of para-hydroxylation sites is 1. The monoisotopic (exact) mass is 471 g/mol. The van der Waals surface area contributed by atoms with Gasteiger partial charge in [-0.05, 0) is 37.8 Å². The van der Waals surface area contributed by atoms with Crippen molar-refractivity contribution in [3.8, 4) is 5.75 Å². The van der Waals surface area contributed by atoms with Crippen LogP contribution in [0.1, 0.15) is 44.8 Å². The van der Waals surface area contributed by atoms with Gasteiger partial charge in [0.05, 0.1) is 22.7 Å². The lowest BCUT2D eigenvalue weighted by Gasteiger charge is -2.46. The molecule has 0 amide bonds. The van der Waals surface area contributed by atoms with Crippen LogP contribution in [0.2, 0.25) is 5.02 Å². The first-order valence-corrected chi connectivity index (χ1v) is 11.5. The minimum absolute atomic E-state index is 0.0682. The van der Waals surface area contributed by atoms with E-state index in [2.05, 4.69) is 16.9 Å². The number of Topliss-reactive ketones (excluding diaryl/α,β-unsaturated/α-hetero) is 1. The summed E-state index contributed by atoms with van der Waals surface area (Å²) in [5.41, 5.74) is -1.82. The molecule has 2 aliphatic carbocycles. The molecule has 1 aliphatic heterocycles. The average molecular weight is 472 g/mol. The van der Waals surface area contributed by atoms with Gasteiger partial charge in [-0.2, -0.15) is 0 Å². The molecule has 0 spiro atoms. The lowest BCUT2D eigenvalue weighted by molar-refractivity contribution is -0.178. The second kappa shape index (κ2) is 7.67. The number of ketones is 1. The van der Waals surface area contributed by atoms with Gasteiger partial charge in [-0.25, -0.2) is 9.48 Å². The molecule has 8 nitrogen and oxygen atoms in total. The van der Waals surface area contributed by atoms with Gasteiger partial charge in [0.2, 0.25) is 0 Å². The summed E-state index contributed by atoms with van der Waals surface area (Å²) in [4.78, 5) is 25.7. The first-order valence-electron chi connectivity index (χ1n) is 11.1. The van der Waals surface area contributed by atoms with Crippen molar-refractivity contribution in [2.75, 3.05) is 0 Å². The fraction of sp³-hybridized carbons (Fsp3) is 0.500. The van der Waals surface area contributed by atoms with Crippen molar-refractivity contribution in [3.05, 3.63) is 53.3 Å². The first-order chi connectivity index (χ1) is 15.7. The van der Waals surface area contributed by atoms with Crippen LogP contribution in [0, 0.1) is 17.3 Å². The lowest BCUT2D eigenvalue weighted by atomic mass is 9.64. The number of nitrogens with zero attached hydrogens (tertiary/aromatic N) is 3. The number of benzene rings is 1. The molecular weight excluding hydrogens is 446 g/mol. The Balaban J connectivity index is 1.46. The van der Waals surface area contributed by atoms with E-state index in [1.165, 1.54) is 0 Å². The first kappa shape index (κ1) is 22.1. The van der Waals surface area contributed by atoms with Gasteiger partial charge in [0, 0.05) is 17.9 Å². The highest BCUT2D eigenvalue weighted by Crippen LogP contribution is 2.61. The zero-order chi connectivity index (χ0) is 23.5. The number of aliphatic hydroxyl groups is 1. The molecule has 2 heterocycles. The number of carbonyl (C=O) groups excluding carboxylic acids is 2. The number of hydrogen-bond acceptors (Lipinski definition) is 7. The second-order valence-electron chi connectivity index (χ2n) is 9.52. The Morgan fingerprint density at radius 3 is 2.85 bits per heavy atom. The van der Waals surface area contributed by atoms with E-state index >= 15 is 0 Å². The molecule has 1 aromatic carbocycles. The highest BCUT2D eigenvalue weighted by molar-refractivity contribution is 6.32. The molecule has 5 rings (SSSR count). The highest BCUT2D eigenvalue weighted by atomic mass is 35.5. The van der Waals surface area contributed by atoms with E-state index in [1.807, 2.05) is 19.1 Å². The maximum absolute atomic E-state index is 13.4. The van der Waals surface area contributed by atoms with Crippen molar-refractivity contribution < 1.29 is 24.2 Å². The van der Waals surface area contributed by atoms with Crippen molar-refractivity contribution in [1.29, 1.82) is 0 Å². The van der Waals surface area contributed by atoms with Gasteiger partial charge in [0.15, 0.2) is 0 Å². The van der Waals surface area contributed by atoms with Crippen LogP contribution in [-0.4, -0.2) is 43.6 Å². The summed E-state index contributed by atoms with van der Waals surface area (Å²) in [7, 11) is 0. The molecule has 0 unspecified atom stereocenters. The van der Waals surface area contributed by atoms with Crippen LogP contribution < -0.4 is 4.74 Å². The van der Waals surface area contributed by atoms with E-state index < -0.39 is 29.1 Å². The van der Waals surface area contributed by atoms with E-state index in [0.29, 0.717) is 34.9 Å². The number of carbonyl (C=O) groups is 2. The maximum atomic E-state index is 13.4. The number of ether oxygens (including phenoxy) is 2. The number of halogens is 1. The molecule has 1 N–H and O–H groups in total. The fourth-order valence-corrected chi connectivity index (χ4v) is 6.17. The summed E-state index contributed by atoms with van der Waals surface area (Å²) in [5, 5.41) is 21.1. The zero-order valence-electron chi connectivity index (χ0n) is 18.5. The van der Waals surface area contributed by atoms with Crippen molar-refractivity contribution in [1.82, 2.24) is 15.0 Å². The van der Waals surface area contributed by atoms with E-state index in [-0.39, 0.29) is 30.6 Å². The average Bonchev–Trinajstić information content (AvgIpc) is 3.41. The summed E-state index contributed by atoms with van der Waals surface area (Å²) in [6.45, 7) is 7.69. The number of hydrogen-bond donors (Lipinski definition) is 1. The molecule has 1 aromatic heterocycles. The smallest absolute Gasteiger partial charge is 0.334 e. The quantitative estimate of drug-likeness (QED) is 0.539. The van der Waals surface area contributed by atoms with Crippen molar-refractivity contribution >= 4 is 23.4 Å². The molecular formula is C24H26ClN3O5. The molecule has 9 heteroatoms. The van der Waals surface area contributed by atoms with Gasteiger partial charge < -0.3 is 14.6 Å². The normalized spacial score (nSPS) is 35.7. The molecule has 1 saturated heterocycles. The summed E-state index contributed by atoms with van der Waals surface area (Å²) < 4.78 is 13.0. The molecule has 3 fully saturated rings. The van der Waals surface area contributed by atoms with Gasteiger partial charge >= 0.3 is 5.97 Å². The Morgan fingerprint density at radius 2 is 2.09 bits per heavy atom. The van der Waals surface area contributed by atoms with Gasteiger partial charge in [0.25, 0.3) is 0 Å². The minimum Gasteiger partial charge on any atom is -0.486 e. The van der Waals surface area contributed by atoms with E-state index in [4.69, 9.17) is 21.1 Å². The molecule has 6 atom stereocenters. The Bertz CT molecular complexity index is 1150. The Kier molecular flexibility index (Phi) is 5.14.